The summed E-state index contributed by atoms with van der Waals surface area (Å²) >= 11 is 0. The Labute approximate surface area is 204 Å². The van der Waals surface area contributed by atoms with Crippen molar-refractivity contribution >= 4 is 35.6 Å². The Bertz CT molecular complexity index is 967. The minimum atomic E-state index is -1.77. The summed E-state index contributed by atoms with van der Waals surface area (Å²) in [6.07, 6.45) is -1.80. The number of carboxylic acid groups (broad SMARTS) is 3. The van der Waals surface area contributed by atoms with Crippen molar-refractivity contribution < 1.29 is 54.3 Å². The molecule has 1 aromatic carbocycles. The smallest absolute Gasteiger partial charge is 0.328 e. The van der Waals surface area contributed by atoms with E-state index in [1.165, 1.54) is 24.3 Å². The molecule has 0 fully saturated rings. The van der Waals surface area contributed by atoms with Gasteiger partial charge in [-0.15, -0.1) is 0 Å². The Kier molecular flexibility index (Phi) is 11.8. The molecule has 1 rings (SSSR count). The first kappa shape index (κ1) is 29.8. The molecule has 0 aliphatic rings. The molecule has 198 valence electrons. The predicted octanol–water partition coefficient (Wildman–Crippen LogP) is -2.87. The van der Waals surface area contributed by atoms with Gasteiger partial charge in [-0.1, -0.05) is 12.1 Å². The number of aliphatic carboxylic acids is 3. The Balaban J connectivity index is 3.11. The number of rotatable bonds is 15. The zero-order valence-electron chi connectivity index (χ0n) is 18.9. The third kappa shape index (κ3) is 10.4. The molecule has 0 radical (unpaired) electrons. The van der Waals surface area contributed by atoms with Gasteiger partial charge in [-0.2, -0.15) is 0 Å². The molecule has 0 aromatic heterocycles. The van der Waals surface area contributed by atoms with Crippen LogP contribution >= 0.6 is 0 Å². The molecule has 0 aliphatic heterocycles. The quantitative estimate of drug-likeness (QED) is 0.115. The van der Waals surface area contributed by atoms with Gasteiger partial charge in [0.2, 0.25) is 17.7 Å². The summed E-state index contributed by atoms with van der Waals surface area (Å²) in [4.78, 5) is 70.9. The first-order chi connectivity index (χ1) is 16.8. The van der Waals surface area contributed by atoms with Crippen molar-refractivity contribution in [1.29, 1.82) is 0 Å². The number of amides is 3. The SMILES string of the molecule is NC(CCC(=O)O)C(=O)NC(Cc1ccc(O)cc1)C(=O)NC(CC(=O)O)C(=O)NC(CO)C(=O)O. The van der Waals surface area contributed by atoms with E-state index >= 15 is 0 Å². The first-order valence-corrected chi connectivity index (χ1v) is 10.6. The number of carbonyl (C=O) groups excluding carboxylic acids is 3. The summed E-state index contributed by atoms with van der Waals surface area (Å²) in [5.41, 5.74) is 6.12. The van der Waals surface area contributed by atoms with E-state index in [1.54, 1.807) is 0 Å². The summed E-state index contributed by atoms with van der Waals surface area (Å²) in [5, 5.41) is 51.7. The third-order valence-electron chi connectivity index (χ3n) is 4.82. The third-order valence-corrected chi connectivity index (χ3v) is 4.82. The van der Waals surface area contributed by atoms with Crippen LogP contribution in [0.1, 0.15) is 24.8 Å². The number of carbonyl (C=O) groups is 6. The lowest BCUT2D eigenvalue weighted by Crippen LogP contribution is -2.58. The van der Waals surface area contributed by atoms with Crippen LogP contribution in [0.3, 0.4) is 0 Å². The topological polar surface area (TPSA) is 266 Å². The molecule has 10 N–H and O–H groups in total. The molecule has 4 atom stereocenters. The van der Waals surface area contributed by atoms with Gasteiger partial charge < -0.3 is 47.2 Å². The highest BCUT2D eigenvalue weighted by Crippen LogP contribution is 2.12. The summed E-state index contributed by atoms with van der Waals surface area (Å²) in [6.45, 7) is -0.997. The number of nitrogens with two attached hydrogens (primary N) is 1. The molecule has 0 heterocycles. The van der Waals surface area contributed by atoms with Crippen LogP contribution in [0.15, 0.2) is 24.3 Å². The van der Waals surface area contributed by atoms with Crippen molar-refractivity contribution in [2.24, 2.45) is 5.73 Å². The van der Waals surface area contributed by atoms with Gasteiger partial charge in [0, 0.05) is 12.8 Å². The molecule has 1 aromatic rings. The number of phenols is 1. The maximum absolute atomic E-state index is 13.0. The standard InChI is InChI=1S/C21H28N4O11/c22-12(5-6-16(28)29)18(32)23-13(7-10-1-3-11(27)4-2-10)19(33)24-14(8-17(30)31)20(34)25-15(9-26)21(35)36/h1-4,12-15,26-27H,5-9,22H2,(H,23,32)(H,24,33)(H,25,34)(H,28,29)(H,30,31)(H,35,36). The highest BCUT2D eigenvalue weighted by atomic mass is 16.4. The van der Waals surface area contributed by atoms with Gasteiger partial charge >= 0.3 is 17.9 Å². The van der Waals surface area contributed by atoms with Crippen LogP contribution in [-0.4, -0.2) is 91.9 Å². The van der Waals surface area contributed by atoms with Crippen molar-refractivity contribution in [2.45, 2.75) is 49.9 Å². The maximum atomic E-state index is 13.0. The second-order valence-electron chi connectivity index (χ2n) is 7.71. The average Bonchev–Trinajstić information content (AvgIpc) is 2.80. The van der Waals surface area contributed by atoms with E-state index in [1.807, 2.05) is 5.32 Å². The molecule has 3 amide bonds. The van der Waals surface area contributed by atoms with Crippen molar-refractivity contribution in [3.63, 3.8) is 0 Å². The number of aliphatic hydroxyl groups excluding tert-OH is 1. The Hall–Kier alpha value is -4.24. The number of nitrogens with one attached hydrogen (secondary N) is 3. The fourth-order valence-corrected chi connectivity index (χ4v) is 2.88. The Morgan fingerprint density at radius 1 is 0.778 bits per heavy atom. The summed E-state index contributed by atoms with van der Waals surface area (Å²) in [6, 6.07) is -0.754. The van der Waals surface area contributed by atoms with Crippen LogP contribution in [0, 0.1) is 0 Å². The number of phenolic OH excluding ortho intramolecular Hbond substituents is 1. The van der Waals surface area contributed by atoms with Crippen LogP contribution in [0.4, 0.5) is 0 Å². The van der Waals surface area contributed by atoms with E-state index in [4.69, 9.17) is 26.2 Å². The lowest BCUT2D eigenvalue weighted by atomic mass is 10.0. The second kappa shape index (κ2) is 14.2. The van der Waals surface area contributed by atoms with E-state index in [2.05, 4.69) is 10.6 Å². The summed E-state index contributed by atoms with van der Waals surface area (Å²) in [7, 11) is 0. The van der Waals surface area contributed by atoms with E-state index < -0.39 is 79.2 Å². The van der Waals surface area contributed by atoms with E-state index in [9.17, 15) is 33.9 Å². The van der Waals surface area contributed by atoms with Crippen molar-refractivity contribution in [2.75, 3.05) is 6.61 Å². The molecular weight excluding hydrogens is 484 g/mol. The van der Waals surface area contributed by atoms with E-state index in [-0.39, 0.29) is 18.6 Å². The zero-order chi connectivity index (χ0) is 27.4. The van der Waals surface area contributed by atoms with Gasteiger partial charge in [-0.25, -0.2) is 4.79 Å². The normalized spacial score (nSPS) is 13.9. The molecule has 0 spiro atoms. The fraction of sp³-hybridized carbons (Fsp3) is 0.429. The molecule has 36 heavy (non-hydrogen) atoms. The van der Waals surface area contributed by atoms with Crippen molar-refractivity contribution in [3.8, 4) is 5.75 Å². The molecule has 15 nitrogen and oxygen atoms in total. The Morgan fingerprint density at radius 2 is 1.31 bits per heavy atom. The molecule has 0 bridgehead atoms. The molecule has 0 saturated carbocycles. The van der Waals surface area contributed by atoms with Crippen molar-refractivity contribution in [1.82, 2.24) is 16.0 Å². The summed E-state index contributed by atoms with van der Waals surface area (Å²) < 4.78 is 0. The monoisotopic (exact) mass is 512 g/mol. The van der Waals surface area contributed by atoms with Gasteiger partial charge in [0.25, 0.3) is 0 Å². The van der Waals surface area contributed by atoms with Gasteiger partial charge in [-0.05, 0) is 24.1 Å². The summed E-state index contributed by atoms with van der Waals surface area (Å²) in [5.74, 6) is -7.50. The number of hydrogen-bond acceptors (Lipinski definition) is 9. The lowest BCUT2D eigenvalue weighted by molar-refractivity contribution is -0.144. The lowest BCUT2D eigenvalue weighted by Gasteiger charge is -2.24. The zero-order valence-corrected chi connectivity index (χ0v) is 18.9. The van der Waals surface area contributed by atoms with Crippen LogP contribution in [0.5, 0.6) is 5.75 Å². The Morgan fingerprint density at radius 3 is 1.81 bits per heavy atom. The molecular formula is C21H28N4O11. The molecule has 0 aliphatic carbocycles. The van der Waals surface area contributed by atoms with Gasteiger partial charge in [-0.3, -0.25) is 24.0 Å². The second-order valence-corrected chi connectivity index (χ2v) is 7.71. The van der Waals surface area contributed by atoms with Crippen LogP contribution in [-0.2, 0) is 35.2 Å². The number of benzene rings is 1. The average molecular weight is 512 g/mol. The highest BCUT2D eigenvalue weighted by Gasteiger charge is 2.31. The first-order valence-electron chi connectivity index (χ1n) is 10.6. The maximum Gasteiger partial charge on any atom is 0.328 e. The molecule has 15 heteroatoms. The minimum Gasteiger partial charge on any atom is -0.508 e. The predicted molar refractivity (Wildman–Crippen MR) is 119 cm³/mol. The van der Waals surface area contributed by atoms with Crippen LogP contribution in [0.25, 0.3) is 0 Å². The van der Waals surface area contributed by atoms with Crippen molar-refractivity contribution in [3.05, 3.63) is 29.8 Å². The fourth-order valence-electron chi connectivity index (χ4n) is 2.88. The number of carboxylic acids is 3. The van der Waals surface area contributed by atoms with E-state index in [0.29, 0.717) is 5.56 Å². The van der Waals surface area contributed by atoms with Crippen LogP contribution < -0.4 is 21.7 Å². The number of aromatic hydroxyl groups is 1. The van der Waals surface area contributed by atoms with Gasteiger partial charge in [0.05, 0.1) is 19.1 Å². The van der Waals surface area contributed by atoms with Crippen LogP contribution in [0.2, 0.25) is 0 Å². The number of hydrogen-bond donors (Lipinski definition) is 9. The largest absolute Gasteiger partial charge is 0.508 e. The van der Waals surface area contributed by atoms with E-state index in [0.717, 1.165) is 0 Å². The molecule has 4 unspecified atom stereocenters. The molecule has 0 saturated heterocycles. The van der Waals surface area contributed by atoms with Gasteiger partial charge in [0.1, 0.15) is 23.9 Å². The van der Waals surface area contributed by atoms with Gasteiger partial charge in [0.15, 0.2) is 0 Å². The number of aliphatic hydroxyl groups is 1. The minimum absolute atomic E-state index is 0.0745. The highest BCUT2D eigenvalue weighted by molar-refractivity contribution is 5.95.